The molecule has 1 fully saturated rings. The molecule has 30 heavy (non-hydrogen) atoms. The molecule has 0 aliphatic carbocycles. The van der Waals surface area contributed by atoms with Crippen LogP contribution in [0.25, 0.3) is 0 Å². The Balaban J connectivity index is 0.00000272. The van der Waals surface area contributed by atoms with Crippen LogP contribution in [-0.2, 0) is 11.3 Å². The molecule has 2 aromatic carbocycles. The molecule has 156 valence electrons. The Morgan fingerprint density at radius 1 is 1.13 bits per heavy atom. The molecule has 2 heterocycles. The molecule has 0 bridgehead atoms. The summed E-state index contributed by atoms with van der Waals surface area (Å²) < 4.78 is 11.0. The van der Waals surface area contributed by atoms with Crippen LogP contribution in [0.15, 0.2) is 60.9 Å². The number of cyclic esters (lactones) is 1. The van der Waals surface area contributed by atoms with E-state index < -0.39 is 6.09 Å². The first-order chi connectivity index (χ1) is 14.6. The maximum absolute atomic E-state index is 12.1. The van der Waals surface area contributed by atoms with Crippen molar-refractivity contribution in [3.8, 4) is 11.5 Å². The molecule has 8 heteroatoms. The molecule has 1 aliphatic heterocycles. The highest BCUT2D eigenvalue weighted by molar-refractivity contribution is 5.88. The maximum atomic E-state index is 12.1. The number of ether oxygens (including phenoxy) is 2. The number of rotatable bonds is 7. The second-order valence-corrected chi connectivity index (χ2v) is 7.28. The van der Waals surface area contributed by atoms with Crippen molar-refractivity contribution in [3.63, 3.8) is 0 Å². The third-order valence-electron chi connectivity index (χ3n) is 4.80. The molecule has 0 saturated carbocycles. The van der Waals surface area contributed by atoms with Crippen LogP contribution in [0.5, 0.6) is 11.5 Å². The maximum Gasteiger partial charge on any atom is 0.417 e. The quantitative estimate of drug-likeness (QED) is 0.616. The average Bonchev–Trinajstić information content (AvgIpc) is 3.16. The van der Waals surface area contributed by atoms with Crippen LogP contribution in [0.4, 0.5) is 16.7 Å². The molecule has 1 aliphatic rings. The van der Waals surface area contributed by atoms with Gasteiger partial charge in [-0.05, 0) is 35.7 Å². The lowest BCUT2D eigenvalue weighted by atomic mass is 10.1. The highest BCUT2D eigenvalue weighted by Crippen LogP contribution is 2.25. The van der Waals surface area contributed by atoms with Crippen molar-refractivity contribution >= 4 is 18.0 Å². The van der Waals surface area contributed by atoms with Crippen LogP contribution in [0.3, 0.4) is 0 Å². The highest BCUT2D eigenvalue weighted by atomic mass is 16.6. The Bertz CT molecular complexity index is 1000. The summed E-state index contributed by atoms with van der Waals surface area (Å²) in [6.07, 6.45) is 0.963. The van der Waals surface area contributed by atoms with E-state index in [0.29, 0.717) is 25.0 Å². The number of hydrogen-bond donors (Lipinski definition) is 1. The molecule has 1 N–H and O–H groups in total. The van der Waals surface area contributed by atoms with Crippen molar-refractivity contribution in [2.24, 2.45) is 5.92 Å². The van der Waals surface area contributed by atoms with Crippen LogP contribution in [0, 0.1) is 5.92 Å². The molecule has 1 aromatic heterocycles. The summed E-state index contributed by atoms with van der Waals surface area (Å²) in [4.78, 5) is 26.3. The molecule has 3 aromatic rings. The van der Waals surface area contributed by atoms with E-state index in [2.05, 4.69) is 20.3 Å². The summed E-state index contributed by atoms with van der Waals surface area (Å²) in [7, 11) is 0. The first-order valence-corrected chi connectivity index (χ1v) is 9.81. The van der Waals surface area contributed by atoms with Crippen molar-refractivity contribution in [1.29, 1.82) is 0 Å². The summed E-state index contributed by atoms with van der Waals surface area (Å²) in [5.41, 5.74) is 1.04. The molecular weight excluding hydrogens is 382 g/mol. The Kier molecular flexibility index (Phi) is 5.74. The summed E-state index contributed by atoms with van der Waals surface area (Å²) >= 11 is 0. The molecule has 8 nitrogen and oxygen atoms in total. The number of carbonyl (C=O) groups excluding carboxylic acids is 1. The first kappa shape index (κ1) is 19.6. The number of nitrogens with zero attached hydrogens (tertiary/aromatic N) is 4. The SMILES string of the molecule is CC(C)[C@H]1COC(=O)N1c1ncnc(NCc2ccc(Oc3ccccc3)cc2)n1.[HH]. The minimum absolute atomic E-state index is 0. The van der Waals surface area contributed by atoms with Gasteiger partial charge in [0, 0.05) is 7.97 Å². The molecular formula is C22H25N5O3. The largest absolute Gasteiger partial charge is 0.457 e. The van der Waals surface area contributed by atoms with Crippen LogP contribution in [0.2, 0.25) is 0 Å². The van der Waals surface area contributed by atoms with Crippen molar-refractivity contribution in [3.05, 3.63) is 66.5 Å². The topological polar surface area (TPSA) is 89.5 Å². The number of benzene rings is 2. The standard InChI is InChI=1S/C22H23N5O3.H2/c1-15(2)19-13-29-22(28)27(19)21-25-14-24-20(26-21)23-12-16-8-10-18(11-9-16)30-17-6-4-3-5-7-17;/h3-11,14-15,19H,12-13H2,1-2H3,(H,23,24,25,26);1H/t19-;/m1./s1. The lowest BCUT2D eigenvalue weighted by Gasteiger charge is -2.22. The predicted octanol–water partition coefficient (Wildman–Crippen LogP) is 4.50. The highest BCUT2D eigenvalue weighted by Gasteiger charge is 2.38. The van der Waals surface area contributed by atoms with E-state index in [1.807, 2.05) is 68.4 Å². The van der Waals surface area contributed by atoms with Gasteiger partial charge in [0.2, 0.25) is 11.9 Å². The van der Waals surface area contributed by atoms with Gasteiger partial charge in [0.25, 0.3) is 0 Å². The van der Waals surface area contributed by atoms with Gasteiger partial charge in [-0.2, -0.15) is 4.98 Å². The van der Waals surface area contributed by atoms with E-state index in [9.17, 15) is 4.79 Å². The summed E-state index contributed by atoms with van der Waals surface area (Å²) in [5.74, 6) is 2.47. The summed E-state index contributed by atoms with van der Waals surface area (Å²) in [6, 6.07) is 17.3. The Morgan fingerprint density at radius 3 is 2.60 bits per heavy atom. The molecule has 4 rings (SSSR count). The number of nitrogens with one attached hydrogen (secondary N) is 1. The number of anilines is 2. The number of para-hydroxylation sites is 1. The lowest BCUT2D eigenvalue weighted by molar-refractivity contribution is 0.177. The van der Waals surface area contributed by atoms with E-state index in [4.69, 9.17) is 9.47 Å². The van der Waals surface area contributed by atoms with Gasteiger partial charge in [-0.25, -0.2) is 19.7 Å². The number of aromatic nitrogens is 3. The van der Waals surface area contributed by atoms with Crippen molar-refractivity contribution < 1.29 is 15.7 Å². The summed E-state index contributed by atoms with van der Waals surface area (Å²) in [6.45, 7) is 4.92. The molecule has 0 spiro atoms. The zero-order valence-electron chi connectivity index (χ0n) is 16.9. The second kappa shape index (κ2) is 8.77. The van der Waals surface area contributed by atoms with Gasteiger partial charge in [0.1, 0.15) is 24.4 Å². The number of amides is 1. The van der Waals surface area contributed by atoms with E-state index in [-0.39, 0.29) is 13.4 Å². The van der Waals surface area contributed by atoms with Crippen LogP contribution in [0.1, 0.15) is 20.8 Å². The zero-order valence-corrected chi connectivity index (χ0v) is 16.9. The third kappa shape index (κ3) is 4.48. The van der Waals surface area contributed by atoms with Gasteiger partial charge < -0.3 is 14.8 Å². The molecule has 1 atom stereocenters. The van der Waals surface area contributed by atoms with Gasteiger partial charge in [-0.3, -0.25) is 0 Å². The minimum Gasteiger partial charge on any atom is -0.457 e. The smallest absolute Gasteiger partial charge is 0.417 e. The van der Waals surface area contributed by atoms with Crippen molar-refractivity contribution in [1.82, 2.24) is 15.0 Å². The molecule has 1 saturated heterocycles. The van der Waals surface area contributed by atoms with Crippen LogP contribution in [-0.4, -0.2) is 33.7 Å². The van der Waals surface area contributed by atoms with Gasteiger partial charge >= 0.3 is 6.09 Å². The molecule has 0 unspecified atom stereocenters. The third-order valence-corrected chi connectivity index (χ3v) is 4.80. The average molecular weight is 407 g/mol. The summed E-state index contributed by atoms with van der Waals surface area (Å²) in [5, 5.41) is 3.17. The Hall–Kier alpha value is -3.68. The van der Waals surface area contributed by atoms with Crippen molar-refractivity contribution in [2.75, 3.05) is 16.8 Å². The van der Waals surface area contributed by atoms with E-state index in [1.165, 1.54) is 11.2 Å². The minimum atomic E-state index is -0.431. The fraction of sp³-hybridized carbons (Fsp3) is 0.273. The zero-order chi connectivity index (χ0) is 20.9. The van der Waals surface area contributed by atoms with Gasteiger partial charge in [-0.15, -0.1) is 0 Å². The Labute approximate surface area is 176 Å². The van der Waals surface area contributed by atoms with Crippen LogP contribution < -0.4 is 15.0 Å². The van der Waals surface area contributed by atoms with E-state index in [1.54, 1.807) is 0 Å². The fourth-order valence-corrected chi connectivity index (χ4v) is 3.13. The van der Waals surface area contributed by atoms with Gasteiger partial charge in [0.05, 0.1) is 6.04 Å². The lowest BCUT2D eigenvalue weighted by Crippen LogP contribution is -2.38. The van der Waals surface area contributed by atoms with Gasteiger partial charge in [0.15, 0.2) is 0 Å². The van der Waals surface area contributed by atoms with Gasteiger partial charge in [-0.1, -0.05) is 44.2 Å². The van der Waals surface area contributed by atoms with E-state index >= 15 is 0 Å². The molecule has 1 amide bonds. The number of carbonyl (C=O) groups is 1. The van der Waals surface area contributed by atoms with E-state index in [0.717, 1.165) is 17.1 Å². The molecule has 0 radical (unpaired) electrons. The number of hydrogen-bond acceptors (Lipinski definition) is 7. The monoisotopic (exact) mass is 407 g/mol. The fourth-order valence-electron chi connectivity index (χ4n) is 3.13. The van der Waals surface area contributed by atoms with Crippen molar-refractivity contribution in [2.45, 2.75) is 26.4 Å². The predicted molar refractivity (Wildman–Crippen MR) is 115 cm³/mol. The van der Waals surface area contributed by atoms with Crippen LogP contribution >= 0.6 is 0 Å². The second-order valence-electron chi connectivity index (χ2n) is 7.28. The normalized spacial score (nSPS) is 15.9. The Morgan fingerprint density at radius 2 is 1.87 bits per heavy atom. The first-order valence-electron chi connectivity index (χ1n) is 9.81.